The van der Waals surface area contributed by atoms with Crippen LogP contribution in [0, 0.1) is 0 Å². The normalized spacial score (nSPS) is 11.2. The van der Waals surface area contributed by atoms with Gasteiger partial charge in [-0.3, -0.25) is 4.79 Å². The first kappa shape index (κ1) is 17.7. The van der Waals surface area contributed by atoms with Crippen molar-refractivity contribution in [1.82, 2.24) is 4.72 Å². The third kappa shape index (κ3) is 5.21. The Labute approximate surface area is 144 Å². The monoisotopic (exact) mass is 373 g/mol. The molecule has 2 rings (SSSR count). The van der Waals surface area contributed by atoms with Gasteiger partial charge in [-0.05, 0) is 23.8 Å². The van der Waals surface area contributed by atoms with Crippen LogP contribution >= 0.6 is 23.2 Å². The zero-order valence-corrected chi connectivity index (χ0v) is 14.2. The maximum atomic E-state index is 12.1. The maximum absolute atomic E-state index is 12.1. The summed E-state index contributed by atoms with van der Waals surface area (Å²) in [6, 6.07) is 13.1. The summed E-state index contributed by atoms with van der Waals surface area (Å²) in [6.07, 6.45) is 0. The van der Waals surface area contributed by atoms with Gasteiger partial charge in [0.1, 0.15) is 18.0 Å². The van der Waals surface area contributed by atoms with Crippen molar-refractivity contribution in [1.29, 1.82) is 0 Å². The molecule has 0 spiro atoms. The van der Waals surface area contributed by atoms with E-state index in [-0.39, 0.29) is 21.5 Å². The van der Waals surface area contributed by atoms with E-state index in [1.807, 2.05) is 18.2 Å². The maximum Gasteiger partial charge on any atom is 0.321 e. The van der Waals surface area contributed by atoms with Crippen LogP contribution in [-0.4, -0.2) is 20.9 Å². The molecule has 0 bridgehead atoms. The smallest absolute Gasteiger partial charge is 0.321 e. The van der Waals surface area contributed by atoms with E-state index in [0.29, 0.717) is 0 Å². The second-order valence-corrected chi connectivity index (χ2v) is 7.12. The van der Waals surface area contributed by atoms with Gasteiger partial charge in [0.05, 0.1) is 5.02 Å². The van der Waals surface area contributed by atoms with Crippen LogP contribution in [-0.2, 0) is 26.2 Å². The molecule has 0 aromatic heterocycles. The van der Waals surface area contributed by atoms with Gasteiger partial charge >= 0.3 is 5.97 Å². The fourth-order valence-electron chi connectivity index (χ4n) is 1.70. The minimum atomic E-state index is -3.96. The number of hydrogen-bond acceptors (Lipinski definition) is 4. The Bertz CT molecular complexity index is 794. The van der Waals surface area contributed by atoms with Crippen molar-refractivity contribution in [3.8, 4) is 0 Å². The quantitative estimate of drug-likeness (QED) is 0.789. The van der Waals surface area contributed by atoms with Crippen molar-refractivity contribution in [2.75, 3.05) is 6.54 Å². The average Bonchev–Trinajstić information content (AvgIpc) is 2.54. The van der Waals surface area contributed by atoms with E-state index in [4.69, 9.17) is 27.9 Å². The van der Waals surface area contributed by atoms with Crippen LogP contribution < -0.4 is 4.72 Å². The summed E-state index contributed by atoms with van der Waals surface area (Å²) in [5, 5.41) is 0.237. The van der Waals surface area contributed by atoms with Crippen LogP contribution in [0.5, 0.6) is 0 Å². The lowest BCUT2D eigenvalue weighted by Crippen LogP contribution is -2.30. The number of benzene rings is 2. The Hall–Kier alpha value is -1.60. The van der Waals surface area contributed by atoms with E-state index in [1.165, 1.54) is 18.2 Å². The zero-order chi connectivity index (χ0) is 16.9. The molecule has 0 aliphatic rings. The molecule has 0 aliphatic carbocycles. The number of halogens is 2. The minimum absolute atomic E-state index is 0.0135. The molecule has 8 heteroatoms. The summed E-state index contributed by atoms with van der Waals surface area (Å²) in [5.41, 5.74) is 0.807. The molecule has 5 nitrogen and oxygen atoms in total. The third-order valence-electron chi connectivity index (χ3n) is 2.83. The molecule has 0 heterocycles. The van der Waals surface area contributed by atoms with Crippen LogP contribution in [0.25, 0.3) is 0 Å². The van der Waals surface area contributed by atoms with Crippen molar-refractivity contribution in [2.24, 2.45) is 0 Å². The number of carbonyl (C=O) groups is 1. The van der Waals surface area contributed by atoms with E-state index in [2.05, 4.69) is 4.72 Å². The molecule has 122 valence electrons. The summed E-state index contributed by atoms with van der Waals surface area (Å²) in [5.74, 6) is -0.699. The summed E-state index contributed by atoms with van der Waals surface area (Å²) in [4.78, 5) is 11.4. The van der Waals surface area contributed by atoms with Gasteiger partial charge in [-0.2, -0.15) is 4.72 Å². The Morgan fingerprint density at radius 3 is 2.48 bits per heavy atom. The second kappa shape index (κ2) is 7.79. The van der Waals surface area contributed by atoms with E-state index in [9.17, 15) is 13.2 Å². The molecular formula is C15H13Cl2NO4S. The first-order valence-electron chi connectivity index (χ1n) is 6.53. The number of nitrogens with one attached hydrogen (secondary N) is 1. The Kier molecular flexibility index (Phi) is 6.01. The largest absolute Gasteiger partial charge is 0.460 e. The molecule has 0 aliphatic heterocycles. The van der Waals surface area contributed by atoms with E-state index in [0.717, 1.165) is 5.56 Å². The third-order valence-corrected chi connectivity index (χ3v) is 4.95. The molecule has 1 N–H and O–H groups in total. The number of ether oxygens (including phenoxy) is 1. The highest BCUT2D eigenvalue weighted by Crippen LogP contribution is 2.24. The molecule has 0 saturated carbocycles. The van der Waals surface area contributed by atoms with Gasteiger partial charge in [-0.1, -0.05) is 53.5 Å². The van der Waals surface area contributed by atoms with Gasteiger partial charge in [-0.15, -0.1) is 0 Å². The lowest BCUT2D eigenvalue weighted by Gasteiger charge is -2.09. The van der Waals surface area contributed by atoms with Crippen LogP contribution in [0.3, 0.4) is 0 Å². The summed E-state index contributed by atoms with van der Waals surface area (Å²) < 4.78 is 31.4. The molecule has 0 fully saturated rings. The van der Waals surface area contributed by atoms with E-state index >= 15 is 0 Å². The van der Waals surface area contributed by atoms with Crippen molar-refractivity contribution < 1.29 is 17.9 Å². The predicted molar refractivity (Wildman–Crippen MR) is 87.9 cm³/mol. The highest BCUT2D eigenvalue weighted by atomic mass is 35.5. The van der Waals surface area contributed by atoms with Crippen molar-refractivity contribution >= 4 is 39.2 Å². The van der Waals surface area contributed by atoms with Crippen LogP contribution in [0.2, 0.25) is 10.0 Å². The van der Waals surface area contributed by atoms with Crippen molar-refractivity contribution in [3.63, 3.8) is 0 Å². The number of carbonyl (C=O) groups excluding carboxylic acids is 1. The molecule has 2 aromatic carbocycles. The summed E-state index contributed by atoms with van der Waals surface area (Å²) >= 11 is 11.6. The fraction of sp³-hybridized carbons (Fsp3) is 0.133. The lowest BCUT2D eigenvalue weighted by atomic mass is 10.2. The first-order chi connectivity index (χ1) is 10.9. The average molecular weight is 374 g/mol. The summed E-state index contributed by atoms with van der Waals surface area (Å²) in [7, 11) is -3.96. The SMILES string of the molecule is O=C(CNS(=O)(=O)c1cc(Cl)ccc1Cl)OCc1ccccc1. The topological polar surface area (TPSA) is 72.5 Å². The van der Waals surface area contributed by atoms with Gasteiger partial charge in [0.15, 0.2) is 0 Å². The molecular weight excluding hydrogens is 361 g/mol. The summed E-state index contributed by atoms with van der Waals surface area (Å²) in [6.45, 7) is -0.433. The molecule has 0 radical (unpaired) electrons. The molecule has 0 unspecified atom stereocenters. The molecule has 0 amide bonds. The van der Waals surface area contributed by atoms with E-state index < -0.39 is 22.5 Å². The number of esters is 1. The highest BCUT2D eigenvalue weighted by molar-refractivity contribution is 7.89. The van der Waals surface area contributed by atoms with Gasteiger partial charge in [0.2, 0.25) is 10.0 Å². The minimum Gasteiger partial charge on any atom is -0.460 e. The van der Waals surface area contributed by atoms with Crippen LogP contribution in [0.1, 0.15) is 5.56 Å². The predicted octanol–water partition coefficient (Wildman–Crippen LogP) is 3.02. The second-order valence-electron chi connectivity index (χ2n) is 4.55. The Morgan fingerprint density at radius 1 is 1.09 bits per heavy atom. The van der Waals surface area contributed by atoms with Gasteiger partial charge in [-0.25, -0.2) is 8.42 Å². The Morgan fingerprint density at radius 2 is 1.78 bits per heavy atom. The first-order valence-corrected chi connectivity index (χ1v) is 8.76. The van der Waals surface area contributed by atoms with Gasteiger partial charge < -0.3 is 4.74 Å². The van der Waals surface area contributed by atoms with Crippen molar-refractivity contribution in [2.45, 2.75) is 11.5 Å². The molecule has 0 saturated heterocycles. The molecule has 2 aromatic rings. The number of hydrogen-bond donors (Lipinski definition) is 1. The number of rotatable bonds is 6. The van der Waals surface area contributed by atoms with Crippen LogP contribution in [0.15, 0.2) is 53.4 Å². The fourth-order valence-corrected chi connectivity index (χ4v) is 3.43. The number of sulfonamides is 1. The lowest BCUT2D eigenvalue weighted by molar-refractivity contribution is -0.143. The van der Waals surface area contributed by atoms with Crippen molar-refractivity contribution in [3.05, 3.63) is 64.1 Å². The van der Waals surface area contributed by atoms with Gasteiger partial charge in [0, 0.05) is 5.02 Å². The molecule has 23 heavy (non-hydrogen) atoms. The van der Waals surface area contributed by atoms with Crippen LogP contribution in [0.4, 0.5) is 0 Å². The standard InChI is InChI=1S/C15H13Cl2NO4S/c16-12-6-7-13(17)14(8-12)23(20,21)18-9-15(19)22-10-11-4-2-1-3-5-11/h1-8,18H,9-10H2. The molecule has 0 atom stereocenters. The zero-order valence-electron chi connectivity index (χ0n) is 11.8. The van der Waals surface area contributed by atoms with Gasteiger partial charge in [0.25, 0.3) is 0 Å². The highest BCUT2D eigenvalue weighted by Gasteiger charge is 2.19. The van der Waals surface area contributed by atoms with E-state index in [1.54, 1.807) is 12.1 Å². The Balaban J connectivity index is 1.94.